The maximum absolute atomic E-state index is 3.21. The smallest absolute Gasteiger partial charge is 0.0146 e. The van der Waals surface area contributed by atoms with Crippen LogP contribution in [0.1, 0.15) is 30.9 Å². The van der Waals surface area contributed by atoms with Crippen molar-refractivity contribution in [2.24, 2.45) is 0 Å². The van der Waals surface area contributed by atoms with E-state index in [2.05, 4.69) is 39.0 Å². The molecule has 0 aliphatic heterocycles. The molecule has 0 atom stereocenters. The molecule has 0 aliphatic rings. The van der Waals surface area contributed by atoms with Crippen LogP contribution in [0.2, 0.25) is 0 Å². The molecule has 0 saturated heterocycles. The molecular weight excluding hydrogens is 120 g/mol. The van der Waals surface area contributed by atoms with E-state index in [0.717, 1.165) is 0 Å². The minimum absolute atomic E-state index is 0.597. The molecule has 0 spiro atoms. The zero-order chi connectivity index (χ0) is 7.56. The Morgan fingerprint density at radius 2 is 2.10 bits per heavy atom. The molecule has 0 saturated carbocycles. The summed E-state index contributed by atoms with van der Waals surface area (Å²) in [5.41, 5.74) is 2.63. The summed E-state index contributed by atoms with van der Waals surface area (Å²) >= 11 is 0. The third kappa shape index (κ3) is 1.60. The van der Waals surface area contributed by atoms with Gasteiger partial charge in [-0.25, -0.2) is 0 Å². The summed E-state index contributed by atoms with van der Waals surface area (Å²) in [6.45, 7) is 6.48. The quantitative estimate of drug-likeness (QED) is 0.552. The highest BCUT2D eigenvalue weighted by molar-refractivity contribution is 5.23. The second kappa shape index (κ2) is 2.87. The summed E-state index contributed by atoms with van der Waals surface area (Å²) < 4.78 is 0. The van der Waals surface area contributed by atoms with Gasteiger partial charge in [0.25, 0.3) is 0 Å². The van der Waals surface area contributed by atoms with Gasteiger partial charge in [0.2, 0.25) is 0 Å². The van der Waals surface area contributed by atoms with Gasteiger partial charge >= 0.3 is 0 Å². The Hall–Kier alpha value is -0.780. The number of rotatable bonds is 1. The molecule has 0 N–H and O–H groups in total. The SMILES string of the molecule is Cc1cc[c]c(C(C)C)c1. The second-order valence-corrected chi connectivity index (χ2v) is 2.98. The van der Waals surface area contributed by atoms with Gasteiger partial charge in [0.1, 0.15) is 0 Å². The minimum atomic E-state index is 0.597. The van der Waals surface area contributed by atoms with Crippen molar-refractivity contribution in [2.45, 2.75) is 26.7 Å². The topological polar surface area (TPSA) is 0 Å². The van der Waals surface area contributed by atoms with Crippen LogP contribution in [-0.4, -0.2) is 0 Å². The Balaban J connectivity index is 2.96. The largest absolute Gasteiger partial charge is 0.0587 e. The van der Waals surface area contributed by atoms with E-state index in [-0.39, 0.29) is 0 Å². The second-order valence-electron chi connectivity index (χ2n) is 2.98. The number of hydrogen-bond donors (Lipinski definition) is 0. The van der Waals surface area contributed by atoms with Crippen LogP contribution >= 0.6 is 0 Å². The Morgan fingerprint density at radius 3 is 2.50 bits per heavy atom. The van der Waals surface area contributed by atoms with Crippen molar-refractivity contribution < 1.29 is 0 Å². The summed E-state index contributed by atoms with van der Waals surface area (Å²) in [6, 6.07) is 9.46. The Kier molecular flexibility index (Phi) is 2.10. The predicted octanol–water partition coefficient (Wildman–Crippen LogP) is 2.92. The van der Waals surface area contributed by atoms with Crippen LogP contribution in [0.3, 0.4) is 0 Å². The predicted molar refractivity (Wildman–Crippen MR) is 44.1 cm³/mol. The number of benzene rings is 1. The third-order valence-electron chi connectivity index (χ3n) is 1.60. The zero-order valence-electron chi connectivity index (χ0n) is 6.81. The summed E-state index contributed by atoms with van der Waals surface area (Å²) in [5, 5.41) is 0. The fraction of sp³-hybridized carbons (Fsp3) is 0.400. The van der Waals surface area contributed by atoms with Gasteiger partial charge in [-0.05, 0) is 24.5 Å². The van der Waals surface area contributed by atoms with E-state index >= 15 is 0 Å². The molecule has 0 aromatic heterocycles. The highest BCUT2D eigenvalue weighted by Crippen LogP contribution is 2.13. The molecule has 0 heteroatoms. The van der Waals surface area contributed by atoms with Gasteiger partial charge in [0, 0.05) is 0 Å². The first kappa shape index (κ1) is 7.33. The van der Waals surface area contributed by atoms with Crippen molar-refractivity contribution in [3.8, 4) is 0 Å². The lowest BCUT2D eigenvalue weighted by Gasteiger charge is -2.03. The maximum Gasteiger partial charge on any atom is -0.0146 e. The molecule has 0 nitrogen and oxygen atoms in total. The van der Waals surface area contributed by atoms with E-state index in [4.69, 9.17) is 0 Å². The highest BCUT2D eigenvalue weighted by atomic mass is 14.0. The molecular formula is C10H13. The summed E-state index contributed by atoms with van der Waals surface area (Å²) in [6.07, 6.45) is 0. The van der Waals surface area contributed by atoms with Crippen LogP contribution in [-0.2, 0) is 0 Å². The fourth-order valence-electron chi connectivity index (χ4n) is 0.938. The van der Waals surface area contributed by atoms with Crippen LogP contribution in [0.15, 0.2) is 18.2 Å². The zero-order valence-corrected chi connectivity index (χ0v) is 6.81. The van der Waals surface area contributed by atoms with E-state index in [9.17, 15) is 0 Å². The van der Waals surface area contributed by atoms with Crippen molar-refractivity contribution in [3.05, 3.63) is 35.4 Å². The van der Waals surface area contributed by atoms with E-state index in [0.29, 0.717) is 5.92 Å². The van der Waals surface area contributed by atoms with Gasteiger partial charge in [0.05, 0.1) is 0 Å². The molecule has 0 aliphatic carbocycles. The molecule has 1 radical (unpaired) electrons. The maximum atomic E-state index is 3.21. The summed E-state index contributed by atoms with van der Waals surface area (Å²) in [7, 11) is 0. The molecule has 1 aromatic rings. The first-order valence-corrected chi connectivity index (χ1v) is 3.68. The lowest BCUT2D eigenvalue weighted by atomic mass is 10.0. The third-order valence-corrected chi connectivity index (χ3v) is 1.60. The van der Waals surface area contributed by atoms with Gasteiger partial charge in [0.15, 0.2) is 0 Å². The number of hydrogen-bond acceptors (Lipinski definition) is 0. The van der Waals surface area contributed by atoms with Crippen molar-refractivity contribution in [2.75, 3.05) is 0 Å². The molecule has 1 rings (SSSR count). The van der Waals surface area contributed by atoms with Gasteiger partial charge in [-0.3, -0.25) is 0 Å². The fourth-order valence-corrected chi connectivity index (χ4v) is 0.938. The van der Waals surface area contributed by atoms with Gasteiger partial charge in [-0.2, -0.15) is 0 Å². The van der Waals surface area contributed by atoms with Crippen LogP contribution in [0.25, 0.3) is 0 Å². The molecule has 0 amide bonds. The van der Waals surface area contributed by atoms with Crippen molar-refractivity contribution in [1.29, 1.82) is 0 Å². The molecule has 0 fully saturated rings. The van der Waals surface area contributed by atoms with Crippen molar-refractivity contribution in [1.82, 2.24) is 0 Å². The molecule has 53 valence electrons. The van der Waals surface area contributed by atoms with Crippen LogP contribution in [0.4, 0.5) is 0 Å². The van der Waals surface area contributed by atoms with Crippen LogP contribution in [0, 0.1) is 13.0 Å². The van der Waals surface area contributed by atoms with E-state index in [1.807, 2.05) is 6.07 Å². The van der Waals surface area contributed by atoms with Gasteiger partial charge < -0.3 is 0 Å². The Bertz CT molecular complexity index is 211. The normalized spacial score (nSPS) is 10.4. The molecule has 1 aromatic carbocycles. The van der Waals surface area contributed by atoms with Gasteiger partial charge in [-0.1, -0.05) is 37.6 Å². The molecule has 0 unspecified atom stereocenters. The average molecular weight is 133 g/mol. The van der Waals surface area contributed by atoms with E-state index < -0.39 is 0 Å². The first-order valence-electron chi connectivity index (χ1n) is 3.68. The lowest BCUT2D eigenvalue weighted by molar-refractivity contribution is 0.863. The first-order chi connectivity index (χ1) is 4.70. The van der Waals surface area contributed by atoms with Crippen molar-refractivity contribution >= 4 is 0 Å². The molecule has 0 bridgehead atoms. The van der Waals surface area contributed by atoms with E-state index in [1.54, 1.807) is 0 Å². The Morgan fingerprint density at radius 1 is 1.40 bits per heavy atom. The lowest BCUT2D eigenvalue weighted by Crippen LogP contribution is -1.86. The standard InChI is InChI=1S/C10H13/c1-8(2)10-6-4-5-9(3)7-10/h4-5,7-8H,1-3H3. The van der Waals surface area contributed by atoms with Crippen molar-refractivity contribution in [3.63, 3.8) is 0 Å². The highest BCUT2D eigenvalue weighted by Gasteiger charge is 1.96. The number of aryl methyl sites for hydroxylation is 1. The van der Waals surface area contributed by atoms with E-state index in [1.165, 1.54) is 11.1 Å². The van der Waals surface area contributed by atoms with Crippen LogP contribution in [0.5, 0.6) is 0 Å². The summed E-state index contributed by atoms with van der Waals surface area (Å²) in [4.78, 5) is 0. The monoisotopic (exact) mass is 133 g/mol. The van der Waals surface area contributed by atoms with Gasteiger partial charge in [-0.15, -0.1) is 0 Å². The Labute approximate surface area is 62.9 Å². The summed E-state index contributed by atoms with van der Waals surface area (Å²) in [5.74, 6) is 0.597. The average Bonchev–Trinajstić information content (AvgIpc) is 1.88. The molecule has 10 heavy (non-hydrogen) atoms. The van der Waals surface area contributed by atoms with Crippen LogP contribution < -0.4 is 0 Å². The molecule has 0 heterocycles. The minimum Gasteiger partial charge on any atom is -0.0587 e.